The first kappa shape index (κ1) is 12.5. The molecule has 7 heteroatoms. The van der Waals surface area contributed by atoms with Crippen LogP contribution in [-0.2, 0) is 9.59 Å². The molecule has 0 fully saturated rings. The molecular weight excluding hydrogens is 262 g/mol. The lowest BCUT2D eigenvalue weighted by atomic mass is 10.2. The minimum absolute atomic E-state index is 0.111. The van der Waals surface area contributed by atoms with Crippen molar-refractivity contribution < 1.29 is 24.2 Å². The van der Waals surface area contributed by atoms with E-state index in [1.165, 1.54) is 6.07 Å². The van der Waals surface area contributed by atoms with Gasteiger partial charge in [-0.05, 0) is 0 Å². The molecule has 0 atom stereocenters. The summed E-state index contributed by atoms with van der Waals surface area (Å²) in [5.41, 5.74) is 0.372. The third-order valence-corrected chi connectivity index (χ3v) is 2.61. The summed E-state index contributed by atoms with van der Waals surface area (Å²) in [5.74, 6) is -0.434. The highest BCUT2D eigenvalue weighted by atomic mass is 35.5. The number of halogens is 1. The van der Waals surface area contributed by atoms with Crippen LogP contribution in [0.3, 0.4) is 0 Å². The van der Waals surface area contributed by atoms with E-state index in [2.05, 4.69) is 5.32 Å². The van der Waals surface area contributed by atoms with Crippen LogP contribution < -0.4 is 14.8 Å². The number of ether oxygens (including phenoxy) is 2. The second-order valence-corrected chi connectivity index (χ2v) is 4.03. The van der Waals surface area contributed by atoms with Gasteiger partial charge in [0.15, 0.2) is 11.5 Å². The van der Waals surface area contributed by atoms with Gasteiger partial charge < -0.3 is 19.9 Å². The van der Waals surface area contributed by atoms with Crippen molar-refractivity contribution in [1.29, 1.82) is 0 Å². The van der Waals surface area contributed by atoms with Crippen molar-refractivity contribution >= 4 is 29.2 Å². The van der Waals surface area contributed by atoms with E-state index in [1.807, 2.05) is 0 Å². The average molecular weight is 272 g/mol. The van der Waals surface area contributed by atoms with E-state index in [0.29, 0.717) is 22.2 Å². The smallest absolute Gasteiger partial charge is 0.303 e. The molecule has 96 valence electrons. The molecule has 1 heterocycles. The van der Waals surface area contributed by atoms with Crippen LogP contribution in [0.15, 0.2) is 12.1 Å². The summed E-state index contributed by atoms with van der Waals surface area (Å²) in [6.07, 6.45) is -0.339. The van der Waals surface area contributed by atoms with E-state index in [-0.39, 0.29) is 19.6 Å². The number of rotatable bonds is 4. The van der Waals surface area contributed by atoms with Crippen molar-refractivity contribution in [1.82, 2.24) is 0 Å². The van der Waals surface area contributed by atoms with Gasteiger partial charge in [0.25, 0.3) is 0 Å². The number of amides is 1. The number of carbonyl (C=O) groups is 2. The van der Waals surface area contributed by atoms with Gasteiger partial charge in [0.1, 0.15) is 0 Å². The minimum atomic E-state index is -1.03. The van der Waals surface area contributed by atoms with Crippen LogP contribution in [0.5, 0.6) is 11.5 Å². The van der Waals surface area contributed by atoms with E-state index < -0.39 is 11.9 Å². The van der Waals surface area contributed by atoms with Crippen LogP contribution in [0.25, 0.3) is 0 Å². The summed E-state index contributed by atoms with van der Waals surface area (Å²) in [7, 11) is 0. The Morgan fingerprint density at radius 2 is 1.94 bits per heavy atom. The molecule has 0 radical (unpaired) electrons. The zero-order valence-corrected chi connectivity index (χ0v) is 9.99. The molecule has 1 aliphatic rings. The molecule has 0 saturated carbocycles. The van der Waals surface area contributed by atoms with Gasteiger partial charge >= 0.3 is 5.97 Å². The van der Waals surface area contributed by atoms with E-state index in [9.17, 15) is 9.59 Å². The van der Waals surface area contributed by atoms with Gasteiger partial charge in [0.2, 0.25) is 12.7 Å². The first-order valence-corrected chi connectivity index (χ1v) is 5.55. The van der Waals surface area contributed by atoms with Gasteiger partial charge in [0.05, 0.1) is 17.1 Å². The molecule has 0 unspecified atom stereocenters. The molecule has 0 saturated heterocycles. The maximum Gasteiger partial charge on any atom is 0.303 e. The first-order valence-electron chi connectivity index (χ1n) is 5.17. The first-order chi connectivity index (χ1) is 8.56. The summed E-state index contributed by atoms with van der Waals surface area (Å²) >= 11 is 5.95. The molecule has 1 amide bonds. The van der Waals surface area contributed by atoms with Crippen molar-refractivity contribution in [2.24, 2.45) is 0 Å². The van der Waals surface area contributed by atoms with Crippen LogP contribution in [0.1, 0.15) is 12.8 Å². The second kappa shape index (κ2) is 5.14. The van der Waals surface area contributed by atoms with E-state index in [4.69, 9.17) is 26.2 Å². The Labute approximate surface area is 107 Å². The third-order valence-electron chi connectivity index (χ3n) is 2.30. The fourth-order valence-corrected chi connectivity index (χ4v) is 1.65. The van der Waals surface area contributed by atoms with Gasteiger partial charge in [0, 0.05) is 18.6 Å². The lowest BCUT2D eigenvalue weighted by Crippen LogP contribution is -2.13. The maximum atomic E-state index is 11.5. The Balaban J connectivity index is 2.05. The molecule has 0 aliphatic carbocycles. The Kier molecular flexibility index (Phi) is 3.57. The van der Waals surface area contributed by atoms with E-state index in [0.717, 1.165) is 0 Å². The lowest BCUT2D eigenvalue weighted by Gasteiger charge is -2.07. The van der Waals surface area contributed by atoms with Gasteiger partial charge in [-0.25, -0.2) is 0 Å². The molecule has 2 N–H and O–H groups in total. The lowest BCUT2D eigenvalue weighted by molar-refractivity contribution is -0.138. The predicted molar refractivity (Wildman–Crippen MR) is 63.1 cm³/mol. The zero-order valence-electron chi connectivity index (χ0n) is 9.23. The van der Waals surface area contributed by atoms with E-state index >= 15 is 0 Å². The predicted octanol–water partition coefficient (Wildman–Crippen LogP) is 1.87. The van der Waals surface area contributed by atoms with Crippen LogP contribution in [-0.4, -0.2) is 23.8 Å². The highest BCUT2D eigenvalue weighted by molar-refractivity contribution is 6.34. The number of hydrogen-bond donors (Lipinski definition) is 2. The molecule has 0 bridgehead atoms. The maximum absolute atomic E-state index is 11.5. The molecule has 0 aromatic heterocycles. The van der Waals surface area contributed by atoms with Gasteiger partial charge in [-0.2, -0.15) is 0 Å². The van der Waals surface area contributed by atoms with Crippen LogP contribution in [0, 0.1) is 0 Å². The quantitative estimate of drug-likeness (QED) is 0.873. The highest BCUT2D eigenvalue weighted by Crippen LogP contribution is 2.39. The Hall–Kier alpha value is -1.95. The molecule has 1 aliphatic heterocycles. The molecule has 6 nitrogen and oxygen atoms in total. The Bertz CT molecular complexity index is 502. The fourth-order valence-electron chi connectivity index (χ4n) is 1.45. The zero-order chi connectivity index (χ0) is 13.1. The molecule has 2 rings (SSSR count). The van der Waals surface area contributed by atoms with Gasteiger partial charge in [-0.1, -0.05) is 11.6 Å². The molecule has 0 spiro atoms. The second-order valence-electron chi connectivity index (χ2n) is 3.63. The van der Waals surface area contributed by atoms with Crippen molar-refractivity contribution in [3.63, 3.8) is 0 Å². The Morgan fingerprint density at radius 1 is 1.28 bits per heavy atom. The minimum Gasteiger partial charge on any atom is -0.481 e. The number of carboxylic acid groups (broad SMARTS) is 1. The molecular formula is C11H10ClNO5. The van der Waals surface area contributed by atoms with Crippen LogP contribution in [0.2, 0.25) is 5.02 Å². The Morgan fingerprint density at radius 3 is 2.61 bits per heavy atom. The summed E-state index contributed by atoms with van der Waals surface area (Å²) in [6.45, 7) is 0.113. The van der Waals surface area contributed by atoms with Crippen LogP contribution in [0.4, 0.5) is 5.69 Å². The number of carbonyl (C=O) groups excluding carboxylic acids is 1. The SMILES string of the molecule is O=C(O)CCC(=O)Nc1cc2c(cc1Cl)OCO2. The summed E-state index contributed by atoms with van der Waals surface area (Å²) < 4.78 is 10.3. The number of anilines is 1. The largest absolute Gasteiger partial charge is 0.481 e. The monoisotopic (exact) mass is 271 g/mol. The number of benzene rings is 1. The average Bonchev–Trinajstić information content (AvgIpc) is 2.74. The summed E-state index contributed by atoms with van der Waals surface area (Å²) in [4.78, 5) is 21.8. The number of aliphatic carboxylic acids is 1. The summed E-state index contributed by atoms with van der Waals surface area (Å²) in [5, 5.41) is 11.3. The third kappa shape index (κ3) is 2.84. The number of hydrogen-bond acceptors (Lipinski definition) is 4. The molecule has 1 aromatic carbocycles. The van der Waals surface area contributed by atoms with Crippen molar-refractivity contribution in [2.75, 3.05) is 12.1 Å². The van der Waals surface area contributed by atoms with Crippen molar-refractivity contribution in [3.05, 3.63) is 17.2 Å². The topological polar surface area (TPSA) is 84.9 Å². The van der Waals surface area contributed by atoms with E-state index in [1.54, 1.807) is 6.07 Å². The number of carboxylic acids is 1. The fraction of sp³-hybridized carbons (Fsp3) is 0.273. The van der Waals surface area contributed by atoms with Crippen LogP contribution >= 0.6 is 11.6 Å². The number of nitrogens with one attached hydrogen (secondary N) is 1. The van der Waals surface area contributed by atoms with Gasteiger partial charge in [-0.15, -0.1) is 0 Å². The number of fused-ring (bicyclic) bond motifs is 1. The molecule has 18 heavy (non-hydrogen) atoms. The van der Waals surface area contributed by atoms with Crippen molar-refractivity contribution in [2.45, 2.75) is 12.8 Å². The molecule has 1 aromatic rings. The van der Waals surface area contributed by atoms with Crippen molar-refractivity contribution in [3.8, 4) is 11.5 Å². The summed E-state index contributed by atoms with van der Waals surface area (Å²) in [6, 6.07) is 3.08. The highest BCUT2D eigenvalue weighted by Gasteiger charge is 2.17. The van der Waals surface area contributed by atoms with Gasteiger partial charge in [-0.3, -0.25) is 9.59 Å². The standard InChI is InChI=1S/C11H10ClNO5/c12-6-3-8-9(18-5-17-8)4-7(6)13-10(14)1-2-11(15)16/h3-4H,1-2,5H2,(H,13,14)(H,15,16). The normalized spacial score (nSPS) is 12.3.